The van der Waals surface area contributed by atoms with Crippen molar-refractivity contribution in [3.63, 3.8) is 0 Å². The molecule has 3 aliphatic rings. The summed E-state index contributed by atoms with van der Waals surface area (Å²) in [5.74, 6) is -0.664. The van der Waals surface area contributed by atoms with Crippen molar-refractivity contribution in [1.29, 1.82) is 0 Å². The summed E-state index contributed by atoms with van der Waals surface area (Å²) in [5, 5.41) is 10.8. The van der Waals surface area contributed by atoms with Gasteiger partial charge < -0.3 is 14.6 Å². The van der Waals surface area contributed by atoms with Gasteiger partial charge in [-0.25, -0.2) is 0 Å². The Kier molecular flexibility index (Phi) is 3.59. The minimum Gasteiger partial charge on any atom is -0.462 e. The highest BCUT2D eigenvalue weighted by Gasteiger charge is 2.57. The number of carbonyl (C=O) groups is 2. The van der Waals surface area contributed by atoms with Crippen LogP contribution >= 0.6 is 0 Å². The molecule has 2 aliphatic carbocycles. The third-order valence-corrected chi connectivity index (χ3v) is 5.78. The molecule has 122 valence electrons. The van der Waals surface area contributed by atoms with E-state index >= 15 is 0 Å². The average Bonchev–Trinajstić information content (AvgIpc) is 2.71. The zero-order valence-corrected chi connectivity index (χ0v) is 13.4. The van der Waals surface area contributed by atoms with E-state index in [1.807, 2.05) is 6.92 Å². The molecule has 5 nitrogen and oxygen atoms in total. The molecular formula is C17H24O5. The first-order valence-electron chi connectivity index (χ1n) is 7.98. The Hall–Kier alpha value is -1.36. The molecule has 5 heteroatoms. The van der Waals surface area contributed by atoms with Crippen molar-refractivity contribution < 1.29 is 24.2 Å². The van der Waals surface area contributed by atoms with Gasteiger partial charge in [0.25, 0.3) is 0 Å². The van der Waals surface area contributed by atoms with Crippen molar-refractivity contribution in [2.24, 2.45) is 23.7 Å². The van der Waals surface area contributed by atoms with Gasteiger partial charge in [0.2, 0.25) is 0 Å². The quantitative estimate of drug-likeness (QED) is 0.591. The van der Waals surface area contributed by atoms with Gasteiger partial charge in [-0.05, 0) is 19.3 Å². The fourth-order valence-electron chi connectivity index (χ4n) is 4.68. The van der Waals surface area contributed by atoms with E-state index < -0.39 is 5.60 Å². The number of hydrogen-bond acceptors (Lipinski definition) is 5. The van der Waals surface area contributed by atoms with Gasteiger partial charge in [0.15, 0.2) is 0 Å². The number of esters is 2. The van der Waals surface area contributed by atoms with Crippen molar-refractivity contribution in [2.45, 2.75) is 57.8 Å². The molecule has 3 rings (SSSR count). The largest absolute Gasteiger partial charge is 0.462 e. The Labute approximate surface area is 130 Å². The lowest BCUT2D eigenvalue weighted by atomic mass is 9.77. The van der Waals surface area contributed by atoms with Gasteiger partial charge in [0, 0.05) is 31.6 Å². The highest BCUT2D eigenvalue weighted by Crippen LogP contribution is 2.54. The number of aliphatic hydroxyl groups is 1. The Morgan fingerprint density at radius 3 is 2.82 bits per heavy atom. The molecule has 1 N–H and O–H groups in total. The van der Waals surface area contributed by atoms with Crippen LogP contribution in [0.25, 0.3) is 0 Å². The van der Waals surface area contributed by atoms with Crippen LogP contribution in [0.4, 0.5) is 0 Å². The molecule has 0 bridgehead atoms. The van der Waals surface area contributed by atoms with Crippen LogP contribution < -0.4 is 0 Å². The van der Waals surface area contributed by atoms with Gasteiger partial charge in [0.1, 0.15) is 12.2 Å². The fraction of sp³-hybridized carbons (Fsp3) is 0.765. The lowest BCUT2D eigenvalue weighted by Crippen LogP contribution is -2.34. The SMILES string of the molecule is C=C1C[C@H]2OC(=O)[C@@H](C)[C@H]2C[C@@H]2[C@@H]1[C@@H](OC(C)=O)C[C@@]2(C)O. The van der Waals surface area contributed by atoms with Crippen LogP contribution in [-0.4, -0.2) is 34.9 Å². The normalized spacial score (nSPS) is 47.5. The molecule has 3 fully saturated rings. The molecule has 1 aliphatic heterocycles. The molecule has 0 unspecified atom stereocenters. The van der Waals surface area contributed by atoms with E-state index in [9.17, 15) is 14.7 Å². The van der Waals surface area contributed by atoms with E-state index in [1.165, 1.54) is 6.92 Å². The van der Waals surface area contributed by atoms with E-state index in [0.717, 1.165) is 5.57 Å². The maximum atomic E-state index is 11.8. The van der Waals surface area contributed by atoms with Crippen molar-refractivity contribution >= 4 is 11.9 Å². The molecule has 1 heterocycles. The summed E-state index contributed by atoms with van der Waals surface area (Å²) in [7, 11) is 0. The minimum atomic E-state index is -0.923. The van der Waals surface area contributed by atoms with Crippen LogP contribution in [0.3, 0.4) is 0 Å². The first-order valence-corrected chi connectivity index (χ1v) is 7.98. The van der Waals surface area contributed by atoms with Gasteiger partial charge in [0.05, 0.1) is 11.5 Å². The number of hydrogen-bond donors (Lipinski definition) is 1. The zero-order chi connectivity index (χ0) is 16.2. The van der Waals surface area contributed by atoms with Gasteiger partial charge >= 0.3 is 11.9 Å². The van der Waals surface area contributed by atoms with Crippen LogP contribution in [0, 0.1) is 23.7 Å². The van der Waals surface area contributed by atoms with E-state index in [1.54, 1.807) is 6.92 Å². The third kappa shape index (κ3) is 2.35. The second kappa shape index (κ2) is 5.08. The maximum absolute atomic E-state index is 11.8. The van der Waals surface area contributed by atoms with E-state index in [2.05, 4.69) is 6.58 Å². The van der Waals surface area contributed by atoms with Crippen molar-refractivity contribution in [3.8, 4) is 0 Å². The van der Waals surface area contributed by atoms with Crippen LogP contribution in [0.5, 0.6) is 0 Å². The van der Waals surface area contributed by atoms with E-state index in [4.69, 9.17) is 9.47 Å². The van der Waals surface area contributed by atoms with Crippen molar-refractivity contribution in [2.75, 3.05) is 0 Å². The lowest BCUT2D eigenvalue weighted by Gasteiger charge is -2.30. The Morgan fingerprint density at radius 2 is 2.18 bits per heavy atom. The molecule has 0 aromatic heterocycles. The summed E-state index contributed by atoms with van der Waals surface area (Å²) in [5.41, 5.74) is -0.00281. The number of ether oxygens (including phenoxy) is 2. The maximum Gasteiger partial charge on any atom is 0.309 e. The molecule has 22 heavy (non-hydrogen) atoms. The molecule has 0 aromatic rings. The smallest absolute Gasteiger partial charge is 0.309 e. The molecule has 0 aromatic carbocycles. The molecule has 1 saturated heterocycles. The summed E-state index contributed by atoms with van der Waals surface area (Å²) >= 11 is 0. The third-order valence-electron chi connectivity index (χ3n) is 5.78. The molecule has 0 radical (unpaired) electrons. The Morgan fingerprint density at radius 1 is 1.50 bits per heavy atom. The van der Waals surface area contributed by atoms with Crippen molar-refractivity contribution in [1.82, 2.24) is 0 Å². The van der Waals surface area contributed by atoms with E-state index in [0.29, 0.717) is 19.3 Å². The summed E-state index contributed by atoms with van der Waals surface area (Å²) < 4.78 is 10.9. The number of rotatable bonds is 1. The molecule has 2 saturated carbocycles. The zero-order valence-electron chi connectivity index (χ0n) is 13.4. The van der Waals surface area contributed by atoms with Gasteiger partial charge in [-0.15, -0.1) is 0 Å². The summed E-state index contributed by atoms with van der Waals surface area (Å²) in [6, 6.07) is 0. The predicted molar refractivity (Wildman–Crippen MR) is 78.7 cm³/mol. The number of carbonyl (C=O) groups excluding carboxylic acids is 2. The summed E-state index contributed by atoms with van der Waals surface area (Å²) in [6.07, 6.45) is 1.22. The van der Waals surface area contributed by atoms with Crippen LogP contribution in [-0.2, 0) is 19.1 Å². The molecular weight excluding hydrogens is 284 g/mol. The number of fused-ring (bicyclic) bond motifs is 2. The average molecular weight is 308 g/mol. The van der Waals surface area contributed by atoms with Crippen LogP contribution in [0.1, 0.15) is 40.0 Å². The fourth-order valence-corrected chi connectivity index (χ4v) is 4.68. The monoisotopic (exact) mass is 308 g/mol. The van der Waals surface area contributed by atoms with E-state index in [-0.39, 0.29) is 47.8 Å². The summed E-state index contributed by atoms with van der Waals surface area (Å²) in [4.78, 5) is 23.2. The molecule has 7 atom stereocenters. The minimum absolute atomic E-state index is 0.0590. The first kappa shape index (κ1) is 15.5. The highest BCUT2D eigenvalue weighted by atomic mass is 16.6. The van der Waals surface area contributed by atoms with Crippen molar-refractivity contribution in [3.05, 3.63) is 12.2 Å². The highest BCUT2D eigenvalue weighted by molar-refractivity contribution is 5.75. The van der Waals surface area contributed by atoms with Gasteiger partial charge in [-0.1, -0.05) is 19.1 Å². The van der Waals surface area contributed by atoms with Gasteiger partial charge in [-0.3, -0.25) is 9.59 Å². The molecule has 0 spiro atoms. The summed E-state index contributed by atoms with van der Waals surface area (Å²) in [6.45, 7) is 9.23. The van der Waals surface area contributed by atoms with Gasteiger partial charge in [-0.2, -0.15) is 0 Å². The Bertz CT molecular complexity index is 523. The standard InChI is InChI=1S/C17H24O5/c1-8-5-13-11(9(2)16(19)22-13)6-12-15(8)14(21-10(3)18)7-17(12,4)20/h9,11-15,20H,1,5-7H2,2-4H3/t9-,11+,12+,13+,14-,15+,17+/m0/s1. The second-order valence-corrected chi connectivity index (χ2v) is 7.37. The van der Waals surface area contributed by atoms with Crippen LogP contribution in [0.15, 0.2) is 12.2 Å². The molecule has 0 amide bonds. The lowest BCUT2D eigenvalue weighted by molar-refractivity contribution is -0.148. The Balaban J connectivity index is 1.92. The second-order valence-electron chi connectivity index (χ2n) is 7.37. The van der Waals surface area contributed by atoms with Crippen LogP contribution in [0.2, 0.25) is 0 Å². The first-order chi connectivity index (χ1) is 10.2. The predicted octanol–water partition coefficient (Wildman–Crippen LogP) is 1.83. The topological polar surface area (TPSA) is 72.8 Å².